The number of amides is 1. The van der Waals surface area contributed by atoms with E-state index in [1.807, 2.05) is 30.3 Å². The van der Waals surface area contributed by atoms with Crippen LogP contribution in [0.4, 0.5) is 4.79 Å². The number of rotatable bonds is 6. The summed E-state index contributed by atoms with van der Waals surface area (Å²) < 4.78 is 4.54. The van der Waals surface area contributed by atoms with Crippen molar-refractivity contribution in [1.82, 2.24) is 5.32 Å². The van der Waals surface area contributed by atoms with Gasteiger partial charge >= 0.3 is 12.1 Å². The lowest BCUT2D eigenvalue weighted by Crippen LogP contribution is -2.59. The van der Waals surface area contributed by atoms with Crippen molar-refractivity contribution in [1.29, 1.82) is 0 Å². The number of hydrogen-bond acceptors (Lipinski definition) is 3. The summed E-state index contributed by atoms with van der Waals surface area (Å²) in [4.78, 5) is 23.3. The first-order valence-corrected chi connectivity index (χ1v) is 6.22. The van der Waals surface area contributed by atoms with Crippen molar-refractivity contribution in [3.8, 4) is 0 Å². The molecule has 2 atom stereocenters. The number of alkyl carbamates (subject to hydrolysis) is 1. The Morgan fingerprint density at radius 2 is 2.05 bits per heavy atom. The maximum Gasteiger partial charge on any atom is 0.407 e. The zero-order valence-electron chi connectivity index (χ0n) is 11.6. The van der Waals surface area contributed by atoms with Crippen molar-refractivity contribution in [2.75, 3.05) is 7.11 Å². The van der Waals surface area contributed by atoms with Crippen LogP contribution in [-0.4, -0.2) is 29.8 Å². The second-order valence-electron chi connectivity index (χ2n) is 4.58. The number of benzene rings is 1. The number of carbonyl (C=O) groups is 2. The number of carboxylic acids is 1. The molecule has 0 spiro atoms. The van der Waals surface area contributed by atoms with Crippen LogP contribution in [0.3, 0.4) is 0 Å². The Balaban J connectivity index is 3.19. The minimum Gasteiger partial charge on any atom is -0.479 e. The molecular formula is C15H19NO4. The minimum absolute atomic E-state index is 0.144. The van der Waals surface area contributed by atoms with E-state index in [1.165, 1.54) is 13.2 Å². The third-order valence-corrected chi connectivity index (χ3v) is 3.35. The molecule has 2 N–H and O–H groups in total. The normalized spacial score (nSPS) is 14.7. The molecule has 0 aromatic heterocycles. The predicted molar refractivity (Wildman–Crippen MR) is 75.4 cm³/mol. The van der Waals surface area contributed by atoms with Gasteiger partial charge in [-0.3, -0.25) is 0 Å². The van der Waals surface area contributed by atoms with Crippen LogP contribution in [0.2, 0.25) is 0 Å². The first-order valence-electron chi connectivity index (χ1n) is 6.22. The van der Waals surface area contributed by atoms with Gasteiger partial charge in [-0.25, -0.2) is 9.59 Å². The molecule has 0 radical (unpaired) electrons. The van der Waals surface area contributed by atoms with Crippen LogP contribution < -0.4 is 5.32 Å². The van der Waals surface area contributed by atoms with Crippen LogP contribution in [0.1, 0.15) is 12.5 Å². The Labute approximate surface area is 118 Å². The monoisotopic (exact) mass is 277 g/mol. The SMILES string of the molecule is C=CC(C)[C@](Cc1ccccc1)(NC(=O)OC)C(=O)O. The fourth-order valence-corrected chi connectivity index (χ4v) is 2.00. The van der Waals surface area contributed by atoms with Gasteiger partial charge in [0, 0.05) is 12.3 Å². The van der Waals surface area contributed by atoms with E-state index in [0.717, 1.165) is 5.56 Å². The standard InChI is InChI=1S/C15H19NO4/c1-4-11(2)15(13(17)18,16-14(19)20-3)10-12-8-6-5-7-9-12/h4-9,11H,1,10H2,2-3H3,(H,16,19)(H,17,18)/t11?,15-/m0/s1. The molecule has 0 aliphatic rings. The highest BCUT2D eigenvalue weighted by atomic mass is 16.5. The number of carbonyl (C=O) groups excluding carboxylic acids is 1. The Kier molecular flexibility index (Phi) is 5.32. The van der Waals surface area contributed by atoms with Crippen molar-refractivity contribution in [2.45, 2.75) is 18.9 Å². The van der Waals surface area contributed by atoms with Crippen LogP contribution >= 0.6 is 0 Å². The Hall–Kier alpha value is -2.30. The number of aliphatic carboxylic acids is 1. The van der Waals surface area contributed by atoms with Gasteiger partial charge in [-0.2, -0.15) is 0 Å². The maximum atomic E-state index is 11.8. The van der Waals surface area contributed by atoms with E-state index in [4.69, 9.17) is 0 Å². The number of carboxylic acid groups (broad SMARTS) is 1. The van der Waals surface area contributed by atoms with Gasteiger partial charge in [-0.1, -0.05) is 43.3 Å². The van der Waals surface area contributed by atoms with E-state index in [1.54, 1.807) is 6.92 Å². The number of hydrogen-bond donors (Lipinski definition) is 2. The van der Waals surface area contributed by atoms with Crippen LogP contribution in [0.25, 0.3) is 0 Å². The second kappa shape index (κ2) is 6.75. The number of methoxy groups -OCH3 is 1. The Morgan fingerprint density at radius 3 is 2.50 bits per heavy atom. The highest BCUT2D eigenvalue weighted by molar-refractivity contribution is 5.85. The average molecular weight is 277 g/mol. The molecule has 1 aromatic carbocycles. The van der Waals surface area contributed by atoms with Crippen LogP contribution in [-0.2, 0) is 16.0 Å². The lowest BCUT2D eigenvalue weighted by atomic mass is 9.80. The highest BCUT2D eigenvalue weighted by Crippen LogP contribution is 2.24. The quantitative estimate of drug-likeness (QED) is 0.782. The molecule has 0 saturated heterocycles. The zero-order valence-corrected chi connectivity index (χ0v) is 11.6. The van der Waals surface area contributed by atoms with Crippen LogP contribution in [0, 0.1) is 5.92 Å². The molecule has 0 fully saturated rings. The first-order chi connectivity index (χ1) is 9.46. The van der Waals surface area contributed by atoms with Gasteiger partial charge in [0.05, 0.1) is 7.11 Å². The van der Waals surface area contributed by atoms with Crippen LogP contribution in [0.15, 0.2) is 43.0 Å². The zero-order chi connectivity index (χ0) is 15.2. The first kappa shape index (κ1) is 15.8. The van der Waals surface area contributed by atoms with Gasteiger partial charge in [0.15, 0.2) is 5.54 Å². The molecule has 1 aromatic rings. The predicted octanol–water partition coefficient (Wildman–Crippen LogP) is 2.23. The fraction of sp³-hybridized carbons (Fsp3) is 0.333. The summed E-state index contributed by atoms with van der Waals surface area (Å²) in [6.07, 6.45) is 0.871. The van der Waals surface area contributed by atoms with Gasteiger partial charge in [-0.15, -0.1) is 6.58 Å². The molecule has 0 heterocycles. The fourth-order valence-electron chi connectivity index (χ4n) is 2.00. The van der Waals surface area contributed by atoms with Crippen LogP contribution in [0.5, 0.6) is 0 Å². The van der Waals surface area contributed by atoms with Gasteiger partial charge in [0.2, 0.25) is 0 Å². The Morgan fingerprint density at radius 1 is 1.45 bits per heavy atom. The summed E-state index contributed by atoms with van der Waals surface area (Å²) >= 11 is 0. The molecule has 5 nitrogen and oxygen atoms in total. The third-order valence-electron chi connectivity index (χ3n) is 3.35. The summed E-state index contributed by atoms with van der Waals surface area (Å²) in [5.74, 6) is -1.60. The molecule has 1 amide bonds. The lowest BCUT2D eigenvalue weighted by Gasteiger charge is -2.34. The van der Waals surface area contributed by atoms with Crippen molar-refractivity contribution in [2.24, 2.45) is 5.92 Å². The van der Waals surface area contributed by atoms with Crippen molar-refractivity contribution >= 4 is 12.1 Å². The lowest BCUT2D eigenvalue weighted by molar-refractivity contribution is -0.146. The third kappa shape index (κ3) is 3.38. The number of ether oxygens (including phenoxy) is 1. The van der Waals surface area contributed by atoms with E-state index in [9.17, 15) is 14.7 Å². The molecule has 108 valence electrons. The summed E-state index contributed by atoms with van der Waals surface area (Å²) in [6.45, 7) is 5.32. The summed E-state index contributed by atoms with van der Waals surface area (Å²) in [6, 6.07) is 9.10. The molecule has 1 unspecified atom stereocenters. The van der Waals surface area contributed by atoms with Gasteiger partial charge in [0.1, 0.15) is 0 Å². The van der Waals surface area contributed by atoms with Crippen molar-refractivity contribution in [3.63, 3.8) is 0 Å². The molecule has 0 saturated carbocycles. The van der Waals surface area contributed by atoms with E-state index in [2.05, 4.69) is 16.6 Å². The van der Waals surface area contributed by atoms with E-state index >= 15 is 0 Å². The van der Waals surface area contributed by atoms with Crippen molar-refractivity contribution in [3.05, 3.63) is 48.6 Å². The molecule has 20 heavy (non-hydrogen) atoms. The summed E-state index contributed by atoms with van der Waals surface area (Å²) in [7, 11) is 1.20. The van der Waals surface area contributed by atoms with Gasteiger partial charge in [-0.05, 0) is 5.56 Å². The molecule has 0 aliphatic heterocycles. The maximum absolute atomic E-state index is 11.8. The topological polar surface area (TPSA) is 75.6 Å². The Bertz CT molecular complexity index is 486. The number of nitrogens with one attached hydrogen (secondary N) is 1. The van der Waals surface area contributed by atoms with Gasteiger partial charge < -0.3 is 15.2 Å². The second-order valence-corrected chi connectivity index (χ2v) is 4.58. The van der Waals surface area contributed by atoms with E-state index in [-0.39, 0.29) is 6.42 Å². The summed E-state index contributed by atoms with van der Waals surface area (Å²) in [5, 5.41) is 12.1. The largest absolute Gasteiger partial charge is 0.479 e. The molecule has 1 rings (SSSR count). The highest BCUT2D eigenvalue weighted by Gasteiger charge is 2.44. The molecule has 5 heteroatoms. The summed E-state index contributed by atoms with van der Waals surface area (Å²) in [5.41, 5.74) is -0.684. The minimum atomic E-state index is -1.49. The van der Waals surface area contributed by atoms with E-state index in [0.29, 0.717) is 0 Å². The van der Waals surface area contributed by atoms with E-state index < -0.39 is 23.5 Å². The molecule has 0 bridgehead atoms. The van der Waals surface area contributed by atoms with Crippen molar-refractivity contribution < 1.29 is 19.4 Å². The average Bonchev–Trinajstić information content (AvgIpc) is 2.46. The smallest absolute Gasteiger partial charge is 0.407 e. The molecule has 0 aliphatic carbocycles. The molecular weight excluding hydrogens is 258 g/mol. The van der Waals surface area contributed by atoms with Gasteiger partial charge in [0.25, 0.3) is 0 Å².